The Kier molecular flexibility index (Phi) is 2.60. The summed E-state index contributed by atoms with van der Waals surface area (Å²) >= 11 is 0. The molecule has 0 unspecified atom stereocenters. The highest BCUT2D eigenvalue weighted by atomic mass is 19.3. The highest BCUT2D eigenvalue weighted by Crippen LogP contribution is 2.29. The van der Waals surface area contributed by atoms with Crippen molar-refractivity contribution in [2.45, 2.75) is 12.5 Å². The molecular weight excluding hydrogens is 212 g/mol. The van der Waals surface area contributed by atoms with E-state index in [0.29, 0.717) is 5.69 Å². The third kappa shape index (κ3) is 2.18. The quantitative estimate of drug-likeness (QED) is 0.867. The van der Waals surface area contributed by atoms with Crippen LogP contribution in [0.3, 0.4) is 0 Å². The highest BCUT2D eigenvalue weighted by Gasteiger charge is 2.32. The lowest BCUT2D eigenvalue weighted by Gasteiger charge is -2.16. The Bertz CT molecular complexity index is 465. The van der Waals surface area contributed by atoms with Crippen molar-refractivity contribution in [1.29, 1.82) is 0 Å². The second-order valence-electron chi connectivity index (χ2n) is 3.54. The van der Waals surface area contributed by atoms with Crippen molar-refractivity contribution in [3.63, 3.8) is 0 Å². The van der Waals surface area contributed by atoms with Crippen LogP contribution in [0.4, 0.5) is 14.5 Å². The van der Waals surface area contributed by atoms with E-state index in [9.17, 15) is 8.78 Å². The minimum absolute atomic E-state index is 0.0240. The average molecular weight is 223 g/mol. The minimum atomic E-state index is -2.94. The van der Waals surface area contributed by atoms with Crippen molar-refractivity contribution < 1.29 is 8.78 Å². The van der Waals surface area contributed by atoms with Gasteiger partial charge in [0.05, 0.1) is 11.9 Å². The number of nitrogens with zero attached hydrogens (tertiary/aromatic N) is 2. The van der Waals surface area contributed by atoms with Crippen molar-refractivity contribution in [2.24, 2.45) is 0 Å². The van der Waals surface area contributed by atoms with Gasteiger partial charge < -0.3 is 5.73 Å². The summed E-state index contributed by atoms with van der Waals surface area (Å²) < 4.78 is 28.6. The van der Waals surface area contributed by atoms with Crippen LogP contribution in [0.15, 0.2) is 42.7 Å². The summed E-state index contributed by atoms with van der Waals surface area (Å²) in [7, 11) is 0. The van der Waals surface area contributed by atoms with Gasteiger partial charge in [-0.3, -0.25) is 4.68 Å². The van der Waals surface area contributed by atoms with Crippen molar-refractivity contribution in [2.75, 3.05) is 5.73 Å². The lowest BCUT2D eigenvalue weighted by molar-refractivity contribution is -0.0253. The van der Waals surface area contributed by atoms with E-state index in [4.69, 9.17) is 5.73 Å². The molecule has 84 valence electrons. The first-order valence-electron chi connectivity index (χ1n) is 4.79. The maximum atomic E-state index is 13.7. The summed E-state index contributed by atoms with van der Waals surface area (Å²) in [6.07, 6.45) is 2.73. The second kappa shape index (κ2) is 3.92. The normalized spacial score (nSPS) is 11.6. The smallest absolute Gasteiger partial charge is 0.292 e. The fourth-order valence-corrected chi connectivity index (χ4v) is 1.44. The summed E-state index contributed by atoms with van der Waals surface area (Å²) in [5, 5.41) is 3.74. The van der Waals surface area contributed by atoms with E-state index in [0.717, 1.165) is 4.68 Å². The first-order valence-corrected chi connectivity index (χ1v) is 4.79. The third-order valence-electron chi connectivity index (χ3n) is 2.21. The molecule has 16 heavy (non-hydrogen) atoms. The average Bonchev–Trinajstić information content (AvgIpc) is 2.64. The number of aromatic nitrogens is 2. The number of nitrogens with two attached hydrogens (primary N) is 1. The maximum Gasteiger partial charge on any atom is 0.292 e. The van der Waals surface area contributed by atoms with Crippen LogP contribution in [0, 0.1) is 0 Å². The summed E-state index contributed by atoms with van der Waals surface area (Å²) in [5.74, 6) is -2.94. The highest BCUT2D eigenvalue weighted by molar-refractivity contribution is 5.30. The van der Waals surface area contributed by atoms with Gasteiger partial charge >= 0.3 is 0 Å². The molecule has 0 bridgehead atoms. The van der Waals surface area contributed by atoms with Gasteiger partial charge in [-0.25, -0.2) is 0 Å². The van der Waals surface area contributed by atoms with Crippen LogP contribution in [-0.2, 0) is 12.5 Å². The number of rotatable bonds is 3. The second-order valence-corrected chi connectivity index (χ2v) is 3.54. The number of hydrogen-bond acceptors (Lipinski definition) is 2. The molecule has 2 N–H and O–H groups in total. The Balaban J connectivity index is 2.20. The third-order valence-corrected chi connectivity index (χ3v) is 2.21. The standard InChI is InChI=1S/C11H11F2N3/c12-11(13,9-4-2-1-3-5-9)8-16-7-10(14)6-15-16/h1-7H,8,14H2. The summed E-state index contributed by atoms with van der Waals surface area (Å²) in [6, 6.07) is 7.66. The first-order chi connectivity index (χ1) is 7.58. The van der Waals surface area contributed by atoms with Gasteiger partial charge in [0, 0.05) is 11.8 Å². The predicted molar refractivity (Wildman–Crippen MR) is 57.0 cm³/mol. The van der Waals surface area contributed by atoms with Gasteiger partial charge in [-0.2, -0.15) is 13.9 Å². The number of nitrogen functional groups attached to an aromatic ring is 1. The van der Waals surface area contributed by atoms with Gasteiger partial charge in [0.25, 0.3) is 5.92 Å². The Morgan fingerprint density at radius 3 is 2.50 bits per heavy atom. The molecule has 0 amide bonds. The van der Waals surface area contributed by atoms with Crippen LogP contribution in [0.25, 0.3) is 0 Å². The molecular formula is C11H11F2N3. The van der Waals surface area contributed by atoms with Crippen LogP contribution >= 0.6 is 0 Å². The van der Waals surface area contributed by atoms with Gasteiger partial charge in [-0.15, -0.1) is 0 Å². The van der Waals surface area contributed by atoms with Crippen molar-refractivity contribution in [1.82, 2.24) is 9.78 Å². The molecule has 0 aliphatic carbocycles. The van der Waals surface area contributed by atoms with Crippen LogP contribution in [0.2, 0.25) is 0 Å². The van der Waals surface area contributed by atoms with Gasteiger partial charge in [-0.05, 0) is 0 Å². The zero-order chi connectivity index (χ0) is 11.6. The number of alkyl halides is 2. The van der Waals surface area contributed by atoms with Crippen LogP contribution in [0.5, 0.6) is 0 Å². The van der Waals surface area contributed by atoms with E-state index >= 15 is 0 Å². The van der Waals surface area contributed by atoms with E-state index in [1.165, 1.54) is 24.5 Å². The zero-order valence-corrected chi connectivity index (χ0v) is 8.48. The van der Waals surface area contributed by atoms with Crippen LogP contribution in [-0.4, -0.2) is 9.78 Å². The molecule has 0 saturated carbocycles. The molecule has 2 aromatic rings. The molecule has 0 spiro atoms. The Morgan fingerprint density at radius 2 is 1.94 bits per heavy atom. The van der Waals surface area contributed by atoms with E-state index in [1.807, 2.05) is 0 Å². The van der Waals surface area contributed by atoms with E-state index in [-0.39, 0.29) is 5.56 Å². The Morgan fingerprint density at radius 1 is 1.25 bits per heavy atom. The fourth-order valence-electron chi connectivity index (χ4n) is 1.44. The lowest BCUT2D eigenvalue weighted by Crippen LogP contribution is -2.21. The topological polar surface area (TPSA) is 43.8 Å². The van der Waals surface area contributed by atoms with E-state index < -0.39 is 12.5 Å². The lowest BCUT2D eigenvalue weighted by atomic mass is 10.1. The van der Waals surface area contributed by atoms with Crippen LogP contribution < -0.4 is 5.73 Å². The zero-order valence-electron chi connectivity index (χ0n) is 8.48. The monoisotopic (exact) mass is 223 g/mol. The number of benzene rings is 1. The number of anilines is 1. The largest absolute Gasteiger partial charge is 0.396 e. The van der Waals surface area contributed by atoms with E-state index in [2.05, 4.69) is 5.10 Å². The molecule has 3 nitrogen and oxygen atoms in total. The number of hydrogen-bond donors (Lipinski definition) is 1. The molecule has 0 radical (unpaired) electrons. The molecule has 5 heteroatoms. The van der Waals surface area contributed by atoms with Gasteiger partial charge in [0.15, 0.2) is 0 Å². The SMILES string of the molecule is Nc1cnn(CC(F)(F)c2ccccc2)c1. The summed E-state index contributed by atoms with van der Waals surface area (Å²) in [5.41, 5.74) is 5.76. The minimum Gasteiger partial charge on any atom is -0.396 e. The van der Waals surface area contributed by atoms with Gasteiger partial charge in [0.2, 0.25) is 0 Å². The molecule has 1 heterocycles. The predicted octanol–water partition coefficient (Wildman–Crippen LogP) is 2.26. The molecule has 1 aromatic carbocycles. The maximum absolute atomic E-state index is 13.7. The fraction of sp³-hybridized carbons (Fsp3) is 0.182. The van der Waals surface area contributed by atoms with Crippen LogP contribution in [0.1, 0.15) is 5.56 Å². The molecule has 0 fully saturated rings. The van der Waals surface area contributed by atoms with E-state index in [1.54, 1.807) is 18.2 Å². The van der Waals surface area contributed by atoms with Gasteiger partial charge in [0.1, 0.15) is 6.54 Å². The summed E-state index contributed by atoms with van der Waals surface area (Å²) in [4.78, 5) is 0. The first kappa shape index (κ1) is 10.6. The van der Waals surface area contributed by atoms with Crippen molar-refractivity contribution >= 4 is 5.69 Å². The van der Waals surface area contributed by atoms with Crippen molar-refractivity contribution in [3.05, 3.63) is 48.3 Å². The Labute approximate surface area is 91.5 Å². The molecule has 0 aliphatic heterocycles. The summed E-state index contributed by atoms with van der Waals surface area (Å²) in [6.45, 7) is -0.506. The van der Waals surface area contributed by atoms with Gasteiger partial charge in [-0.1, -0.05) is 30.3 Å². The molecule has 0 atom stereocenters. The molecule has 2 rings (SSSR count). The molecule has 1 aromatic heterocycles. The number of halogens is 2. The van der Waals surface area contributed by atoms with Crippen molar-refractivity contribution in [3.8, 4) is 0 Å². The molecule has 0 aliphatic rings. The molecule has 0 saturated heterocycles. The Hall–Kier alpha value is -1.91.